The van der Waals surface area contributed by atoms with E-state index in [1.807, 2.05) is 54.6 Å². The van der Waals surface area contributed by atoms with Gasteiger partial charge in [-0.2, -0.15) is 0 Å². The van der Waals surface area contributed by atoms with E-state index in [2.05, 4.69) is 10.3 Å². The van der Waals surface area contributed by atoms with Crippen LogP contribution in [0.1, 0.15) is 23.5 Å². The van der Waals surface area contributed by atoms with E-state index < -0.39 is 0 Å². The summed E-state index contributed by atoms with van der Waals surface area (Å²) in [5.41, 5.74) is 2.78. The summed E-state index contributed by atoms with van der Waals surface area (Å²) in [5.74, 6) is 1.56. The van der Waals surface area contributed by atoms with Crippen LogP contribution in [0.4, 0.5) is 5.69 Å². The van der Waals surface area contributed by atoms with E-state index in [0.717, 1.165) is 22.6 Å². The van der Waals surface area contributed by atoms with Crippen LogP contribution in [0.15, 0.2) is 73.1 Å². The van der Waals surface area contributed by atoms with E-state index in [9.17, 15) is 4.79 Å². The number of fused-ring (bicyclic) bond motifs is 2. The van der Waals surface area contributed by atoms with Crippen LogP contribution < -0.4 is 10.1 Å². The van der Waals surface area contributed by atoms with Crippen molar-refractivity contribution in [3.8, 4) is 11.5 Å². The number of anilines is 1. The van der Waals surface area contributed by atoms with E-state index in [1.54, 1.807) is 18.5 Å². The van der Waals surface area contributed by atoms with Gasteiger partial charge in [0.15, 0.2) is 0 Å². The number of hydrogen-bond donors (Lipinski definition) is 1. The van der Waals surface area contributed by atoms with Crippen LogP contribution in [0.5, 0.6) is 11.5 Å². The van der Waals surface area contributed by atoms with Gasteiger partial charge in [0.1, 0.15) is 11.5 Å². The molecule has 0 radical (unpaired) electrons. The Morgan fingerprint density at radius 1 is 0.958 bits per heavy atom. The Hall–Kier alpha value is -3.14. The molecule has 1 aliphatic heterocycles. The van der Waals surface area contributed by atoms with Gasteiger partial charge in [-0.05, 0) is 24.3 Å². The topological polar surface area (TPSA) is 51.2 Å². The molecule has 24 heavy (non-hydrogen) atoms. The molecule has 4 heteroatoms. The minimum Gasteiger partial charge on any atom is -0.457 e. The van der Waals surface area contributed by atoms with Crippen LogP contribution in [0.25, 0.3) is 0 Å². The van der Waals surface area contributed by atoms with E-state index in [1.165, 1.54) is 0 Å². The first-order valence-corrected chi connectivity index (χ1v) is 7.87. The summed E-state index contributed by atoms with van der Waals surface area (Å²) < 4.78 is 5.97. The predicted molar refractivity (Wildman–Crippen MR) is 92.3 cm³/mol. The summed E-state index contributed by atoms with van der Waals surface area (Å²) in [6.07, 6.45) is 3.68. The first-order valence-electron chi connectivity index (χ1n) is 7.87. The van der Waals surface area contributed by atoms with E-state index in [0.29, 0.717) is 12.1 Å². The molecule has 2 aromatic carbocycles. The number of para-hydroxylation sites is 2. The van der Waals surface area contributed by atoms with Gasteiger partial charge in [-0.15, -0.1) is 0 Å². The molecule has 0 atom stereocenters. The number of pyridine rings is 1. The average molecular weight is 316 g/mol. The van der Waals surface area contributed by atoms with Gasteiger partial charge in [0.25, 0.3) is 0 Å². The van der Waals surface area contributed by atoms with Crippen molar-refractivity contribution in [3.63, 3.8) is 0 Å². The molecule has 0 saturated heterocycles. The van der Waals surface area contributed by atoms with Crippen molar-refractivity contribution in [2.24, 2.45) is 0 Å². The Morgan fingerprint density at radius 3 is 2.25 bits per heavy atom. The summed E-state index contributed by atoms with van der Waals surface area (Å²) in [4.78, 5) is 16.5. The molecule has 2 heterocycles. The summed E-state index contributed by atoms with van der Waals surface area (Å²) in [6, 6.07) is 19.4. The van der Waals surface area contributed by atoms with Crippen molar-refractivity contribution in [1.29, 1.82) is 0 Å². The number of rotatable bonds is 3. The number of benzene rings is 2. The lowest BCUT2D eigenvalue weighted by molar-refractivity contribution is -0.116. The van der Waals surface area contributed by atoms with Crippen molar-refractivity contribution in [2.75, 3.05) is 5.32 Å². The first kappa shape index (κ1) is 14.5. The molecule has 4 nitrogen and oxygen atoms in total. The van der Waals surface area contributed by atoms with Crippen LogP contribution >= 0.6 is 0 Å². The largest absolute Gasteiger partial charge is 0.457 e. The molecular weight excluding hydrogens is 300 g/mol. The maximum absolute atomic E-state index is 12.5. The number of hydrogen-bond acceptors (Lipinski definition) is 3. The summed E-state index contributed by atoms with van der Waals surface area (Å²) >= 11 is 0. The van der Waals surface area contributed by atoms with Crippen LogP contribution in [-0.4, -0.2) is 10.9 Å². The fraction of sp³-hybridized carbons (Fsp3) is 0.100. The van der Waals surface area contributed by atoms with Crippen molar-refractivity contribution in [2.45, 2.75) is 12.3 Å². The Morgan fingerprint density at radius 2 is 1.62 bits per heavy atom. The molecule has 1 aliphatic rings. The van der Waals surface area contributed by atoms with Gasteiger partial charge in [0.2, 0.25) is 5.91 Å². The molecule has 118 valence electrons. The van der Waals surface area contributed by atoms with Gasteiger partial charge in [-0.3, -0.25) is 9.78 Å². The third-order valence-electron chi connectivity index (χ3n) is 4.14. The predicted octanol–water partition coefficient (Wildman–Crippen LogP) is 4.35. The number of amides is 1. The third kappa shape index (κ3) is 2.74. The fourth-order valence-corrected chi connectivity index (χ4v) is 3.06. The van der Waals surface area contributed by atoms with Crippen LogP contribution in [0.2, 0.25) is 0 Å². The Kier molecular flexibility index (Phi) is 3.71. The number of aromatic nitrogens is 1. The van der Waals surface area contributed by atoms with Crippen molar-refractivity contribution < 1.29 is 9.53 Å². The lowest BCUT2D eigenvalue weighted by Crippen LogP contribution is -2.19. The molecule has 1 amide bonds. The standard InChI is InChI=1S/C20H16N2O2/c23-20(22-14-6-5-11-21-13-14)12-17-15-7-1-3-9-18(15)24-19-10-4-2-8-16(17)19/h1-11,13,17H,12H2,(H,22,23). The molecule has 0 fully saturated rings. The zero-order valence-electron chi connectivity index (χ0n) is 13.0. The smallest absolute Gasteiger partial charge is 0.225 e. The highest BCUT2D eigenvalue weighted by Gasteiger charge is 2.28. The second-order valence-electron chi connectivity index (χ2n) is 5.72. The SMILES string of the molecule is O=C(CC1c2ccccc2Oc2ccccc21)Nc1cccnc1. The van der Waals surface area contributed by atoms with Crippen molar-refractivity contribution >= 4 is 11.6 Å². The molecule has 1 aromatic heterocycles. The average Bonchev–Trinajstić information content (AvgIpc) is 2.62. The number of nitrogens with one attached hydrogen (secondary N) is 1. The van der Waals surface area contributed by atoms with Crippen LogP contribution in [0.3, 0.4) is 0 Å². The van der Waals surface area contributed by atoms with Gasteiger partial charge in [-0.25, -0.2) is 0 Å². The monoisotopic (exact) mass is 316 g/mol. The number of nitrogens with zero attached hydrogens (tertiary/aromatic N) is 1. The molecular formula is C20H16N2O2. The first-order chi connectivity index (χ1) is 11.8. The summed E-state index contributed by atoms with van der Waals surface area (Å²) in [6.45, 7) is 0. The lowest BCUT2D eigenvalue weighted by atomic mass is 9.85. The second-order valence-corrected chi connectivity index (χ2v) is 5.72. The highest BCUT2D eigenvalue weighted by Crippen LogP contribution is 2.45. The Labute approximate surface area is 140 Å². The van der Waals surface area contributed by atoms with Crippen LogP contribution in [-0.2, 0) is 4.79 Å². The van der Waals surface area contributed by atoms with E-state index >= 15 is 0 Å². The molecule has 0 spiro atoms. The zero-order valence-corrected chi connectivity index (χ0v) is 13.0. The summed E-state index contributed by atoms with van der Waals surface area (Å²) in [7, 11) is 0. The maximum Gasteiger partial charge on any atom is 0.225 e. The van der Waals surface area contributed by atoms with Crippen molar-refractivity contribution in [3.05, 3.63) is 84.2 Å². The highest BCUT2D eigenvalue weighted by molar-refractivity contribution is 5.91. The van der Waals surface area contributed by atoms with Gasteiger partial charge < -0.3 is 10.1 Å². The summed E-state index contributed by atoms with van der Waals surface area (Å²) in [5, 5.41) is 2.91. The molecule has 1 N–H and O–H groups in total. The van der Waals surface area contributed by atoms with E-state index in [4.69, 9.17) is 4.74 Å². The van der Waals surface area contributed by atoms with Gasteiger partial charge in [-0.1, -0.05) is 36.4 Å². The number of ether oxygens (including phenoxy) is 1. The minimum atomic E-state index is -0.0421. The maximum atomic E-state index is 12.5. The molecule has 3 aromatic rings. The molecule has 4 rings (SSSR count). The van der Waals surface area contributed by atoms with E-state index in [-0.39, 0.29) is 11.8 Å². The van der Waals surface area contributed by atoms with Gasteiger partial charge in [0.05, 0.1) is 11.9 Å². The number of carbonyl (C=O) groups excluding carboxylic acids is 1. The normalized spacial score (nSPS) is 12.7. The van der Waals surface area contributed by atoms with Crippen LogP contribution in [0, 0.1) is 0 Å². The quantitative estimate of drug-likeness (QED) is 0.781. The Bertz CT molecular complexity index is 832. The third-order valence-corrected chi connectivity index (χ3v) is 4.14. The van der Waals surface area contributed by atoms with Crippen molar-refractivity contribution in [1.82, 2.24) is 4.98 Å². The zero-order chi connectivity index (χ0) is 16.4. The lowest BCUT2D eigenvalue weighted by Gasteiger charge is -2.27. The Balaban J connectivity index is 1.64. The molecule has 0 bridgehead atoms. The van der Waals surface area contributed by atoms with Gasteiger partial charge >= 0.3 is 0 Å². The minimum absolute atomic E-state index is 0.0252. The molecule has 0 unspecified atom stereocenters. The number of carbonyl (C=O) groups is 1. The fourth-order valence-electron chi connectivity index (χ4n) is 3.06. The van der Waals surface area contributed by atoms with Gasteiger partial charge in [0, 0.05) is 29.7 Å². The highest BCUT2D eigenvalue weighted by atomic mass is 16.5. The molecule has 0 aliphatic carbocycles. The molecule has 0 saturated carbocycles. The second kappa shape index (κ2) is 6.16.